The molecule has 27 heavy (non-hydrogen) atoms. The molecule has 0 aliphatic carbocycles. The summed E-state index contributed by atoms with van der Waals surface area (Å²) >= 11 is 6.15. The van der Waals surface area contributed by atoms with Gasteiger partial charge >= 0.3 is 0 Å². The van der Waals surface area contributed by atoms with E-state index in [0.717, 1.165) is 42.5 Å². The van der Waals surface area contributed by atoms with E-state index in [1.165, 1.54) is 16.2 Å². The molecule has 1 heterocycles. The lowest BCUT2D eigenvalue weighted by atomic mass is 10.1. The summed E-state index contributed by atoms with van der Waals surface area (Å²) in [5.41, 5.74) is 3.42. The molecule has 2 N–H and O–H groups in total. The van der Waals surface area contributed by atoms with Crippen LogP contribution in [0.2, 0.25) is 5.02 Å². The molecule has 1 aliphatic heterocycles. The van der Waals surface area contributed by atoms with Crippen LogP contribution in [0.25, 0.3) is 0 Å². The number of rotatable bonds is 6. The van der Waals surface area contributed by atoms with Crippen LogP contribution < -0.4 is 19.9 Å². The molecule has 0 atom stereocenters. The first kappa shape index (κ1) is 19.5. The molecule has 5 nitrogen and oxygen atoms in total. The van der Waals surface area contributed by atoms with Gasteiger partial charge in [-0.05, 0) is 30.7 Å². The van der Waals surface area contributed by atoms with Crippen LogP contribution in [0.15, 0.2) is 42.5 Å². The first-order valence-corrected chi connectivity index (χ1v) is 9.68. The van der Waals surface area contributed by atoms with Crippen molar-refractivity contribution in [3.63, 3.8) is 0 Å². The SMILES string of the molecule is COc1ccccc1CNC(=O)C[NH+]1CCN(c2cc(Cl)ccc2C)CC1. The Bertz CT molecular complexity index is 789. The van der Waals surface area contributed by atoms with Crippen LogP contribution in [0.3, 0.4) is 0 Å². The number of aryl methyl sites for hydroxylation is 1. The first-order valence-electron chi connectivity index (χ1n) is 9.30. The molecule has 1 amide bonds. The molecule has 0 unspecified atom stereocenters. The second-order valence-corrected chi connectivity index (χ2v) is 7.37. The van der Waals surface area contributed by atoms with Crippen LogP contribution in [0.4, 0.5) is 5.69 Å². The number of carbonyl (C=O) groups excluding carboxylic acids is 1. The van der Waals surface area contributed by atoms with Crippen molar-refractivity contribution in [1.29, 1.82) is 0 Å². The largest absolute Gasteiger partial charge is 0.496 e. The second-order valence-electron chi connectivity index (χ2n) is 6.93. The summed E-state index contributed by atoms with van der Waals surface area (Å²) < 4.78 is 5.33. The van der Waals surface area contributed by atoms with Crippen LogP contribution in [-0.2, 0) is 11.3 Å². The van der Waals surface area contributed by atoms with Crippen LogP contribution in [0, 0.1) is 6.92 Å². The van der Waals surface area contributed by atoms with Gasteiger partial charge in [0.15, 0.2) is 6.54 Å². The number of carbonyl (C=O) groups is 1. The molecule has 6 heteroatoms. The fourth-order valence-electron chi connectivity index (χ4n) is 3.50. The van der Waals surface area contributed by atoms with E-state index in [0.29, 0.717) is 13.1 Å². The highest BCUT2D eigenvalue weighted by molar-refractivity contribution is 6.30. The van der Waals surface area contributed by atoms with Gasteiger partial charge in [-0.2, -0.15) is 0 Å². The quantitative estimate of drug-likeness (QED) is 0.791. The summed E-state index contributed by atoms with van der Waals surface area (Å²) in [6.07, 6.45) is 0. The van der Waals surface area contributed by atoms with Crippen LogP contribution >= 0.6 is 11.6 Å². The van der Waals surface area contributed by atoms with Gasteiger partial charge in [0, 0.05) is 22.8 Å². The lowest BCUT2D eigenvalue weighted by Crippen LogP contribution is -3.15. The van der Waals surface area contributed by atoms with E-state index in [2.05, 4.69) is 23.2 Å². The molecule has 0 spiro atoms. The lowest BCUT2D eigenvalue weighted by molar-refractivity contribution is -0.892. The monoisotopic (exact) mass is 388 g/mol. The van der Waals surface area contributed by atoms with Crippen molar-refractivity contribution in [2.24, 2.45) is 0 Å². The maximum absolute atomic E-state index is 12.3. The van der Waals surface area contributed by atoms with E-state index in [1.54, 1.807) is 7.11 Å². The number of amides is 1. The smallest absolute Gasteiger partial charge is 0.275 e. The topological polar surface area (TPSA) is 46.0 Å². The van der Waals surface area contributed by atoms with Crippen molar-refractivity contribution in [3.05, 3.63) is 58.6 Å². The number of para-hydroxylation sites is 1. The van der Waals surface area contributed by atoms with Gasteiger partial charge in [0.05, 0.1) is 33.3 Å². The highest BCUT2D eigenvalue weighted by atomic mass is 35.5. The minimum absolute atomic E-state index is 0.0725. The Hall–Kier alpha value is -2.24. The fourth-order valence-corrected chi connectivity index (χ4v) is 3.66. The van der Waals surface area contributed by atoms with Gasteiger partial charge in [-0.15, -0.1) is 0 Å². The van der Waals surface area contributed by atoms with Gasteiger partial charge in [-0.3, -0.25) is 4.79 Å². The zero-order valence-electron chi connectivity index (χ0n) is 15.9. The molecule has 2 aromatic carbocycles. The molecule has 2 aromatic rings. The van der Waals surface area contributed by atoms with Crippen LogP contribution in [0.5, 0.6) is 5.75 Å². The number of halogens is 1. The van der Waals surface area contributed by atoms with Gasteiger partial charge in [0.2, 0.25) is 0 Å². The second kappa shape index (κ2) is 9.11. The van der Waals surface area contributed by atoms with Crippen molar-refractivity contribution in [3.8, 4) is 5.75 Å². The molecular formula is C21H27ClN3O2+. The number of hydrogen-bond acceptors (Lipinski definition) is 3. The first-order chi connectivity index (χ1) is 13.1. The predicted octanol–water partition coefficient (Wildman–Crippen LogP) is 1.68. The van der Waals surface area contributed by atoms with E-state index < -0.39 is 0 Å². The van der Waals surface area contributed by atoms with Crippen molar-refractivity contribution in [2.75, 3.05) is 44.7 Å². The molecule has 0 bridgehead atoms. The average molecular weight is 389 g/mol. The summed E-state index contributed by atoms with van der Waals surface area (Å²) in [6, 6.07) is 13.8. The summed E-state index contributed by atoms with van der Waals surface area (Å²) in [7, 11) is 1.64. The van der Waals surface area contributed by atoms with E-state index in [1.807, 2.05) is 36.4 Å². The average Bonchev–Trinajstić information content (AvgIpc) is 2.69. The third kappa shape index (κ3) is 5.15. The molecule has 1 aliphatic rings. The van der Waals surface area contributed by atoms with Gasteiger partial charge in [-0.25, -0.2) is 0 Å². The van der Waals surface area contributed by atoms with Crippen molar-refractivity contribution in [2.45, 2.75) is 13.5 Å². The maximum Gasteiger partial charge on any atom is 0.275 e. The van der Waals surface area contributed by atoms with Gasteiger partial charge in [-0.1, -0.05) is 35.9 Å². The summed E-state index contributed by atoms with van der Waals surface area (Å²) in [4.78, 5) is 16.0. The number of anilines is 1. The Balaban J connectivity index is 1.47. The lowest BCUT2D eigenvalue weighted by Gasteiger charge is -2.34. The zero-order chi connectivity index (χ0) is 19.2. The number of ether oxygens (including phenoxy) is 1. The third-order valence-corrected chi connectivity index (χ3v) is 5.30. The molecular weight excluding hydrogens is 362 g/mol. The summed E-state index contributed by atoms with van der Waals surface area (Å²) in [5.74, 6) is 0.874. The molecule has 1 fully saturated rings. The molecule has 0 aromatic heterocycles. The van der Waals surface area contributed by atoms with Crippen LogP contribution in [-0.4, -0.2) is 45.7 Å². The highest BCUT2D eigenvalue weighted by Crippen LogP contribution is 2.24. The van der Waals surface area contributed by atoms with E-state index >= 15 is 0 Å². The van der Waals surface area contributed by atoms with Gasteiger partial charge in [0.25, 0.3) is 5.91 Å². The third-order valence-electron chi connectivity index (χ3n) is 5.06. The van der Waals surface area contributed by atoms with Crippen LogP contribution in [0.1, 0.15) is 11.1 Å². The van der Waals surface area contributed by atoms with Gasteiger partial charge < -0.3 is 19.9 Å². The van der Waals surface area contributed by atoms with Gasteiger partial charge in [0.1, 0.15) is 5.75 Å². The predicted molar refractivity (Wildman–Crippen MR) is 109 cm³/mol. The molecule has 0 saturated carbocycles. The van der Waals surface area contributed by atoms with E-state index in [-0.39, 0.29) is 5.91 Å². The number of nitrogens with one attached hydrogen (secondary N) is 2. The van der Waals surface area contributed by atoms with Crippen molar-refractivity contribution < 1.29 is 14.4 Å². The Kier molecular flexibility index (Phi) is 6.58. The summed E-state index contributed by atoms with van der Waals surface area (Å²) in [6.45, 7) is 6.83. The molecule has 0 radical (unpaired) electrons. The number of methoxy groups -OCH3 is 1. The Morgan fingerprint density at radius 3 is 2.70 bits per heavy atom. The number of quaternary nitrogens is 1. The molecule has 144 valence electrons. The number of benzene rings is 2. The number of hydrogen-bond donors (Lipinski definition) is 2. The number of nitrogens with zero attached hydrogens (tertiary/aromatic N) is 1. The van der Waals surface area contributed by atoms with Crippen molar-refractivity contribution >= 4 is 23.2 Å². The molecule has 1 saturated heterocycles. The maximum atomic E-state index is 12.3. The Labute approximate surface area is 165 Å². The standard InChI is InChI=1S/C21H26ClN3O2/c1-16-7-8-18(22)13-19(16)25-11-9-24(10-12-25)15-21(26)23-14-17-5-3-4-6-20(17)27-2/h3-8,13H,9-12,14-15H2,1-2H3,(H,23,26)/p+1. The fraction of sp³-hybridized carbons (Fsp3) is 0.381. The zero-order valence-corrected chi connectivity index (χ0v) is 16.7. The minimum Gasteiger partial charge on any atom is -0.496 e. The Morgan fingerprint density at radius 1 is 1.22 bits per heavy atom. The Morgan fingerprint density at radius 2 is 1.96 bits per heavy atom. The highest BCUT2D eigenvalue weighted by Gasteiger charge is 2.23. The molecule has 3 rings (SSSR count). The normalized spacial score (nSPS) is 14.9. The van der Waals surface area contributed by atoms with E-state index in [4.69, 9.17) is 16.3 Å². The number of piperazine rings is 1. The van der Waals surface area contributed by atoms with Crippen molar-refractivity contribution in [1.82, 2.24) is 5.32 Å². The summed E-state index contributed by atoms with van der Waals surface area (Å²) in [5, 5.41) is 3.77. The van der Waals surface area contributed by atoms with E-state index in [9.17, 15) is 4.79 Å². The minimum atomic E-state index is 0.0725.